The van der Waals surface area contributed by atoms with Gasteiger partial charge in [-0.15, -0.1) is 10.2 Å². The molecule has 1 aromatic heterocycles. The lowest BCUT2D eigenvalue weighted by Crippen LogP contribution is -2.18. The maximum absolute atomic E-state index is 12.3. The molecule has 0 atom stereocenters. The molecule has 2 aromatic carbocycles. The van der Waals surface area contributed by atoms with E-state index in [1.54, 1.807) is 32.4 Å². The maximum Gasteiger partial charge on any atom is 0.234 e. The van der Waals surface area contributed by atoms with E-state index in [0.717, 1.165) is 11.4 Å². The number of hydrogen-bond donors (Lipinski definition) is 3. The van der Waals surface area contributed by atoms with Crippen molar-refractivity contribution >= 4 is 29.0 Å². The summed E-state index contributed by atoms with van der Waals surface area (Å²) in [5, 5.41) is 14.6. The van der Waals surface area contributed by atoms with Gasteiger partial charge in [0, 0.05) is 11.8 Å². The molecule has 1 heterocycles. The molecule has 0 fully saturated rings. The van der Waals surface area contributed by atoms with Crippen molar-refractivity contribution in [3.8, 4) is 17.2 Å². The molecule has 3 rings (SSSR count). The summed E-state index contributed by atoms with van der Waals surface area (Å²) < 4.78 is 16.9. The van der Waals surface area contributed by atoms with Gasteiger partial charge in [-0.2, -0.15) is 0 Å². The molecule has 3 aromatic rings. The number of anilines is 2. The highest BCUT2D eigenvalue weighted by Crippen LogP contribution is 2.29. The van der Waals surface area contributed by atoms with E-state index in [1.807, 2.05) is 24.3 Å². The lowest BCUT2D eigenvalue weighted by Gasteiger charge is -2.11. The van der Waals surface area contributed by atoms with Crippen LogP contribution in [-0.2, 0) is 11.3 Å². The zero-order valence-corrected chi connectivity index (χ0v) is 18.2. The summed E-state index contributed by atoms with van der Waals surface area (Å²) >= 11 is 1.19. The van der Waals surface area contributed by atoms with Crippen LogP contribution in [0.3, 0.4) is 0 Å². The largest absolute Gasteiger partial charge is 0.497 e. The maximum atomic E-state index is 12.3. The van der Waals surface area contributed by atoms with Gasteiger partial charge in [0.25, 0.3) is 0 Å². The molecule has 0 bridgehead atoms. The van der Waals surface area contributed by atoms with Crippen molar-refractivity contribution in [1.82, 2.24) is 14.9 Å². The first kappa shape index (κ1) is 22.1. The smallest absolute Gasteiger partial charge is 0.234 e. The van der Waals surface area contributed by atoms with Crippen molar-refractivity contribution in [2.24, 2.45) is 0 Å². The highest BCUT2D eigenvalue weighted by molar-refractivity contribution is 7.99. The Balaban J connectivity index is 1.54. The summed E-state index contributed by atoms with van der Waals surface area (Å²) in [4.78, 5) is 12.3. The first-order chi connectivity index (χ1) is 15.0. The van der Waals surface area contributed by atoms with Crippen molar-refractivity contribution < 1.29 is 19.0 Å². The summed E-state index contributed by atoms with van der Waals surface area (Å²) in [7, 11) is 4.71. The summed E-state index contributed by atoms with van der Waals surface area (Å²) in [5.41, 5.74) is 1.44. The van der Waals surface area contributed by atoms with Crippen molar-refractivity contribution in [3.05, 3.63) is 48.3 Å². The number of nitrogens with two attached hydrogens (primary N) is 1. The van der Waals surface area contributed by atoms with Crippen LogP contribution in [0.1, 0.15) is 5.82 Å². The van der Waals surface area contributed by atoms with Gasteiger partial charge in [0.2, 0.25) is 11.1 Å². The van der Waals surface area contributed by atoms with Gasteiger partial charge in [-0.25, -0.2) is 4.68 Å². The second-order valence-corrected chi connectivity index (χ2v) is 7.20. The van der Waals surface area contributed by atoms with E-state index in [0.29, 0.717) is 34.7 Å². The van der Waals surface area contributed by atoms with E-state index in [9.17, 15) is 4.79 Å². The molecule has 0 aliphatic heterocycles. The van der Waals surface area contributed by atoms with Gasteiger partial charge >= 0.3 is 0 Å². The van der Waals surface area contributed by atoms with Crippen LogP contribution in [-0.4, -0.2) is 47.9 Å². The van der Waals surface area contributed by atoms with Crippen LogP contribution in [0, 0.1) is 0 Å². The zero-order valence-electron chi connectivity index (χ0n) is 17.4. The molecule has 164 valence electrons. The number of ether oxygens (including phenoxy) is 3. The minimum absolute atomic E-state index is 0.108. The molecule has 0 radical (unpaired) electrons. The molecule has 0 aliphatic rings. The Hall–Kier alpha value is -3.60. The fourth-order valence-electron chi connectivity index (χ4n) is 2.63. The van der Waals surface area contributed by atoms with Crippen LogP contribution in [0.5, 0.6) is 17.2 Å². The van der Waals surface area contributed by atoms with Crippen LogP contribution >= 0.6 is 11.8 Å². The molecule has 0 saturated carbocycles. The monoisotopic (exact) mass is 444 g/mol. The standard InChI is InChI=1S/C20H24N6O4S/c1-28-14-6-4-13(5-7-14)22-11-18-24-25-20(26(18)21)31-12-19(27)23-16-9-8-15(29-2)10-17(16)30-3/h4-10,22H,11-12,21H2,1-3H3,(H,23,27). The van der Waals surface area contributed by atoms with Crippen molar-refractivity contribution in [1.29, 1.82) is 0 Å². The molecule has 4 N–H and O–H groups in total. The van der Waals surface area contributed by atoms with Crippen molar-refractivity contribution in [2.75, 3.05) is 43.6 Å². The first-order valence-electron chi connectivity index (χ1n) is 9.26. The number of nitrogens with one attached hydrogen (secondary N) is 2. The second kappa shape index (κ2) is 10.4. The first-order valence-corrected chi connectivity index (χ1v) is 10.2. The van der Waals surface area contributed by atoms with Crippen LogP contribution < -0.4 is 30.7 Å². The van der Waals surface area contributed by atoms with E-state index in [4.69, 9.17) is 20.1 Å². The SMILES string of the molecule is COc1ccc(NCc2nnc(SCC(=O)Nc3ccc(OC)cc3OC)n2N)cc1. The van der Waals surface area contributed by atoms with E-state index < -0.39 is 0 Å². The Labute approximate surface area is 184 Å². The molecular weight excluding hydrogens is 420 g/mol. The van der Waals surface area contributed by atoms with Gasteiger partial charge in [-0.05, 0) is 36.4 Å². The third-order valence-corrected chi connectivity index (χ3v) is 5.23. The fraction of sp³-hybridized carbons (Fsp3) is 0.250. The molecule has 11 heteroatoms. The number of carbonyl (C=O) groups excluding carboxylic acids is 1. The Kier molecular flexibility index (Phi) is 7.44. The molecule has 0 saturated heterocycles. The van der Waals surface area contributed by atoms with Crippen molar-refractivity contribution in [3.63, 3.8) is 0 Å². The van der Waals surface area contributed by atoms with Gasteiger partial charge in [0.1, 0.15) is 17.2 Å². The molecule has 0 unspecified atom stereocenters. The number of nitrogen functional groups attached to an aromatic ring is 1. The average molecular weight is 445 g/mol. The van der Waals surface area contributed by atoms with Gasteiger partial charge in [-0.3, -0.25) is 4.79 Å². The van der Waals surface area contributed by atoms with Gasteiger partial charge in [-0.1, -0.05) is 11.8 Å². The quantitative estimate of drug-likeness (QED) is 0.319. The molecule has 10 nitrogen and oxygen atoms in total. The predicted octanol–water partition coefficient (Wildman–Crippen LogP) is 2.36. The topological polar surface area (TPSA) is 126 Å². The van der Waals surface area contributed by atoms with Crippen LogP contribution in [0.25, 0.3) is 0 Å². The number of rotatable bonds is 10. The Bertz CT molecular complexity index is 1030. The third-order valence-electron chi connectivity index (χ3n) is 4.29. The molecule has 1 amide bonds. The number of methoxy groups -OCH3 is 3. The average Bonchev–Trinajstić information content (AvgIpc) is 3.16. The number of nitrogens with zero attached hydrogens (tertiary/aromatic N) is 3. The Morgan fingerprint density at radius 1 is 1.03 bits per heavy atom. The minimum Gasteiger partial charge on any atom is -0.497 e. The number of carbonyl (C=O) groups is 1. The number of thioether (sulfide) groups is 1. The Morgan fingerprint density at radius 2 is 1.74 bits per heavy atom. The van der Waals surface area contributed by atoms with Gasteiger partial charge in [0.05, 0.1) is 39.3 Å². The molecule has 0 spiro atoms. The van der Waals surface area contributed by atoms with Crippen molar-refractivity contribution in [2.45, 2.75) is 11.7 Å². The van der Waals surface area contributed by atoms with E-state index in [1.165, 1.54) is 23.5 Å². The molecular formula is C20H24N6O4S. The second-order valence-electron chi connectivity index (χ2n) is 6.25. The zero-order chi connectivity index (χ0) is 22.2. The summed E-state index contributed by atoms with van der Waals surface area (Å²) in [5.74, 6) is 8.41. The normalized spacial score (nSPS) is 10.4. The lowest BCUT2D eigenvalue weighted by molar-refractivity contribution is -0.113. The number of hydrogen-bond acceptors (Lipinski definition) is 9. The molecule has 0 aliphatic carbocycles. The van der Waals surface area contributed by atoms with Gasteiger partial charge in [0.15, 0.2) is 5.82 Å². The summed E-state index contributed by atoms with van der Waals surface area (Å²) in [6, 6.07) is 12.6. The van der Waals surface area contributed by atoms with E-state index >= 15 is 0 Å². The number of benzene rings is 2. The van der Waals surface area contributed by atoms with E-state index in [-0.39, 0.29) is 11.7 Å². The Morgan fingerprint density at radius 3 is 2.42 bits per heavy atom. The minimum atomic E-state index is -0.227. The highest BCUT2D eigenvalue weighted by atomic mass is 32.2. The van der Waals surface area contributed by atoms with Gasteiger partial charge < -0.3 is 30.7 Å². The predicted molar refractivity (Wildman–Crippen MR) is 119 cm³/mol. The van der Waals surface area contributed by atoms with Crippen LogP contribution in [0.15, 0.2) is 47.6 Å². The summed E-state index contributed by atoms with van der Waals surface area (Å²) in [6.07, 6.45) is 0. The third kappa shape index (κ3) is 5.72. The number of amides is 1. The number of aromatic nitrogens is 3. The van der Waals surface area contributed by atoms with E-state index in [2.05, 4.69) is 20.8 Å². The highest BCUT2D eigenvalue weighted by Gasteiger charge is 2.14. The lowest BCUT2D eigenvalue weighted by atomic mass is 10.2. The molecule has 31 heavy (non-hydrogen) atoms. The van der Waals surface area contributed by atoms with Crippen LogP contribution in [0.4, 0.5) is 11.4 Å². The van der Waals surface area contributed by atoms with Crippen LogP contribution in [0.2, 0.25) is 0 Å². The fourth-order valence-corrected chi connectivity index (χ4v) is 3.31. The summed E-state index contributed by atoms with van der Waals surface area (Å²) in [6.45, 7) is 0.381.